The van der Waals surface area contributed by atoms with Gasteiger partial charge in [0.2, 0.25) is 0 Å². The van der Waals surface area contributed by atoms with Crippen LogP contribution in [0, 0.1) is 12.3 Å². The average Bonchev–Trinajstić information content (AvgIpc) is 2.27. The zero-order chi connectivity index (χ0) is 10.4. The molecule has 1 aromatic rings. The molecule has 74 valence electrons. The summed E-state index contributed by atoms with van der Waals surface area (Å²) in [6.45, 7) is 4.56. The second-order valence-electron chi connectivity index (χ2n) is 3.73. The van der Waals surface area contributed by atoms with Gasteiger partial charge in [-0.1, -0.05) is 61.5 Å². The van der Waals surface area contributed by atoms with Gasteiger partial charge in [0.25, 0.3) is 0 Å². The third kappa shape index (κ3) is 2.08. The predicted octanol–water partition coefficient (Wildman–Crippen LogP) is 3.02. The maximum atomic E-state index is 5.49. The average molecular weight is 202 g/mol. The van der Waals surface area contributed by atoms with Crippen LogP contribution in [0.2, 0.25) is 18.1 Å². The van der Waals surface area contributed by atoms with Gasteiger partial charge in [-0.2, -0.15) is 0 Å². The molecule has 0 spiro atoms. The molecule has 0 saturated heterocycles. The van der Waals surface area contributed by atoms with Crippen molar-refractivity contribution in [2.75, 3.05) is 0 Å². The highest BCUT2D eigenvalue weighted by atomic mass is 28.3. The van der Waals surface area contributed by atoms with E-state index in [4.69, 9.17) is 6.42 Å². The van der Waals surface area contributed by atoms with Crippen LogP contribution in [0.4, 0.5) is 0 Å². The fourth-order valence-electron chi connectivity index (χ4n) is 2.00. The number of rotatable bonds is 4. The first kappa shape index (κ1) is 11.1. The summed E-state index contributed by atoms with van der Waals surface area (Å²) >= 11 is 0. The molecule has 0 radical (unpaired) electrons. The van der Waals surface area contributed by atoms with Crippen LogP contribution in [0.5, 0.6) is 0 Å². The third-order valence-electron chi connectivity index (χ3n) is 3.18. The highest BCUT2D eigenvalue weighted by molar-refractivity contribution is 6.92. The summed E-state index contributed by atoms with van der Waals surface area (Å²) < 4.78 is 0. The minimum atomic E-state index is -1.36. The first-order valence-corrected chi connectivity index (χ1v) is 7.90. The Bertz CT molecular complexity index is 304. The molecule has 0 heterocycles. The summed E-state index contributed by atoms with van der Waals surface area (Å²) in [6, 6.07) is 14.3. The summed E-state index contributed by atoms with van der Waals surface area (Å²) in [7, 11) is -1.36. The lowest BCUT2D eigenvalue weighted by Crippen LogP contribution is -2.45. The Kier molecular flexibility index (Phi) is 3.97. The Morgan fingerprint density at radius 1 is 1.14 bits per heavy atom. The fraction of sp³-hybridized carbons (Fsp3) is 0.385. The van der Waals surface area contributed by atoms with E-state index in [1.807, 2.05) is 0 Å². The van der Waals surface area contributed by atoms with Crippen molar-refractivity contribution in [2.45, 2.75) is 32.0 Å². The third-order valence-corrected chi connectivity index (χ3v) is 8.33. The van der Waals surface area contributed by atoms with Crippen molar-refractivity contribution >= 4 is 13.3 Å². The van der Waals surface area contributed by atoms with Gasteiger partial charge in [0.1, 0.15) is 0 Å². The fourth-order valence-corrected chi connectivity index (χ4v) is 5.31. The number of benzene rings is 1. The second-order valence-corrected chi connectivity index (χ2v) is 8.64. The van der Waals surface area contributed by atoms with Crippen molar-refractivity contribution in [3.05, 3.63) is 30.3 Å². The molecule has 0 aliphatic heterocycles. The van der Waals surface area contributed by atoms with Gasteiger partial charge in [0.05, 0.1) is 8.07 Å². The van der Waals surface area contributed by atoms with Gasteiger partial charge in [-0.25, -0.2) is 0 Å². The van der Waals surface area contributed by atoms with E-state index in [0.29, 0.717) is 0 Å². The van der Waals surface area contributed by atoms with Gasteiger partial charge in [-0.3, -0.25) is 0 Å². The Morgan fingerprint density at radius 2 is 1.71 bits per heavy atom. The predicted molar refractivity (Wildman–Crippen MR) is 66.4 cm³/mol. The molecule has 14 heavy (non-hydrogen) atoms. The summed E-state index contributed by atoms with van der Waals surface area (Å²) in [5, 5.41) is 1.52. The lowest BCUT2D eigenvalue weighted by atomic mass is 10.4. The Morgan fingerprint density at radius 3 is 2.14 bits per heavy atom. The molecule has 0 aliphatic rings. The van der Waals surface area contributed by atoms with Gasteiger partial charge in [0.15, 0.2) is 0 Å². The summed E-state index contributed by atoms with van der Waals surface area (Å²) in [5.74, 6) is 2.87. The topological polar surface area (TPSA) is 0 Å². The monoisotopic (exact) mass is 202 g/mol. The van der Waals surface area contributed by atoms with E-state index < -0.39 is 8.07 Å². The molecule has 0 amide bonds. The molecule has 0 aliphatic carbocycles. The van der Waals surface area contributed by atoms with Crippen LogP contribution in [-0.2, 0) is 0 Å². The van der Waals surface area contributed by atoms with Gasteiger partial charge in [-0.05, 0) is 0 Å². The minimum absolute atomic E-state index is 0.976. The molecule has 0 saturated carbocycles. The first-order valence-electron chi connectivity index (χ1n) is 5.28. The van der Waals surface area contributed by atoms with Crippen molar-refractivity contribution in [1.82, 2.24) is 0 Å². The summed E-state index contributed by atoms with van der Waals surface area (Å²) in [6.07, 6.45) is 5.49. The van der Waals surface area contributed by atoms with E-state index in [0.717, 1.165) is 6.04 Å². The SMILES string of the molecule is C#CC[Si](CC)(CC)c1ccccc1. The largest absolute Gasteiger partial charge is 0.120 e. The second kappa shape index (κ2) is 5.02. The molecule has 0 nitrogen and oxygen atoms in total. The van der Waals surface area contributed by atoms with Crippen LogP contribution in [0.25, 0.3) is 0 Å². The van der Waals surface area contributed by atoms with Crippen LogP contribution in [0.3, 0.4) is 0 Å². The first-order chi connectivity index (χ1) is 6.79. The van der Waals surface area contributed by atoms with Crippen molar-refractivity contribution in [2.24, 2.45) is 0 Å². The molecular formula is C13H18Si. The molecule has 0 N–H and O–H groups in total. The van der Waals surface area contributed by atoms with Crippen LogP contribution in [0.15, 0.2) is 30.3 Å². The van der Waals surface area contributed by atoms with E-state index in [-0.39, 0.29) is 0 Å². The zero-order valence-electron chi connectivity index (χ0n) is 9.09. The van der Waals surface area contributed by atoms with E-state index in [9.17, 15) is 0 Å². The quantitative estimate of drug-likeness (QED) is 0.520. The van der Waals surface area contributed by atoms with Gasteiger partial charge in [0, 0.05) is 6.04 Å². The van der Waals surface area contributed by atoms with Crippen LogP contribution in [0.1, 0.15) is 13.8 Å². The standard InChI is InChI=1S/C13H18Si/c1-4-12-14(5-2,6-3)13-10-8-7-9-11-13/h1,7-11H,5-6,12H2,2-3H3. The minimum Gasteiger partial charge on any atom is -0.120 e. The summed E-state index contributed by atoms with van der Waals surface area (Å²) in [4.78, 5) is 0. The Hall–Kier alpha value is -1.00. The molecule has 0 atom stereocenters. The van der Waals surface area contributed by atoms with Crippen molar-refractivity contribution < 1.29 is 0 Å². The lowest BCUT2D eigenvalue weighted by Gasteiger charge is -2.27. The molecule has 0 unspecified atom stereocenters. The molecule has 1 aromatic carbocycles. The maximum absolute atomic E-state index is 5.49. The molecule has 0 fully saturated rings. The molecule has 1 heteroatoms. The maximum Gasteiger partial charge on any atom is 0.0981 e. The van der Waals surface area contributed by atoms with Crippen molar-refractivity contribution in [3.63, 3.8) is 0 Å². The van der Waals surface area contributed by atoms with Crippen molar-refractivity contribution in [1.29, 1.82) is 0 Å². The number of terminal acetylenes is 1. The highest BCUT2D eigenvalue weighted by Gasteiger charge is 2.29. The van der Waals surface area contributed by atoms with E-state index in [1.54, 1.807) is 0 Å². The molecule has 1 rings (SSSR count). The lowest BCUT2D eigenvalue weighted by molar-refractivity contribution is 1.25. The van der Waals surface area contributed by atoms with Gasteiger partial charge in [-0.15, -0.1) is 12.3 Å². The molecule has 0 aromatic heterocycles. The summed E-state index contributed by atoms with van der Waals surface area (Å²) in [5.41, 5.74) is 0. The highest BCUT2D eigenvalue weighted by Crippen LogP contribution is 2.19. The number of hydrogen-bond acceptors (Lipinski definition) is 0. The Labute approximate surface area is 88.4 Å². The van der Waals surface area contributed by atoms with E-state index in [2.05, 4.69) is 50.1 Å². The van der Waals surface area contributed by atoms with Gasteiger partial charge < -0.3 is 0 Å². The molecule has 0 bridgehead atoms. The Balaban J connectivity index is 3.05. The van der Waals surface area contributed by atoms with E-state index >= 15 is 0 Å². The van der Waals surface area contributed by atoms with Gasteiger partial charge >= 0.3 is 0 Å². The van der Waals surface area contributed by atoms with E-state index in [1.165, 1.54) is 17.3 Å². The zero-order valence-corrected chi connectivity index (χ0v) is 10.1. The van der Waals surface area contributed by atoms with Crippen LogP contribution in [-0.4, -0.2) is 8.07 Å². The smallest absolute Gasteiger partial charge is 0.0981 e. The van der Waals surface area contributed by atoms with Crippen LogP contribution < -0.4 is 5.19 Å². The number of hydrogen-bond donors (Lipinski definition) is 0. The van der Waals surface area contributed by atoms with Crippen LogP contribution >= 0.6 is 0 Å². The normalized spacial score (nSPS) is 10.9. The van der Waals surface area contributed by atoms with Crippen molar-refractivity contribution in [3.8, 4) is 12.3 Å². The molecular weight excluding hydrogens is 184 g/mol.